The summed E-state index contributed by atoms with van der Waals surface area (Å²) in [5.41, 5.74) is 1.12. The number of aromatic nitrogens is 2. The van der Waals surface area contributed by atoms with Crippen LogP contribution in [0.4, 0.5) is 0 Å². The highest BCUT2D eigenvalue weighted by Crippen LogP contribution is 2.36. The maximum absolute atomic E-state index is 12.8. The Kier molecular flexibility index (Phi) is 6.31. The molecule has 144 valence electrons. The second-order valence-electron chi connectivity index (χ2n) is 5.82. The molecule has 0 radical (unpaired) electrons. The molecule has 0 aliphatic carbocycles. The van der Waals surface area contributed by atoms with Crippen LogP contribution >= 0.6 is 31.9 Å². The van der Waals surface area contributed by atoms with E-state index in [4.69, 9.17) is 9.47 Å². The number of ether oxygens (including phenoxy) is 2. The third-order valence-corrected chi connectivity index (χ3v) is 4.97. The van der Waals surface area contributed by atoms with Gasteiger partial charge in [-0.15, -0.1) is 0 Å². The number of nitrogens with zero attached hydrogens (tertiary/aromatic N) is 3. The molecule has 1 heterocycles. The molecule has 2 aromatic carbocycles. The third kappa shape index (κ3) is 4.18. The summed E-state index contributed by atoms with van der Waals surface area (Å²) in [7, 11) is 1.56. The maximum atomic E-state index is 12.8. The van der Waals surface area contributed by atoms with Gasteiger partial charge in [-0.25, -0.2) is 4.98 Å². The highest BCUT2D eigenvalue weighted by Gasteiger charge is 2.11. The average Bonchev–Trinajstić information content (AvgIpc) is 2.67. The van der Waals surface area contributed by atoms with Crippen LogP contribution in [0.5, 0.6) is 11.5 Å². The van der Waals surface area contributed by atoms with E-state index >= 15 is 0 Å². The second kappa shape index (κ2) is 8.70. The topological polar surface area (TPSA) is 65.7 Å². The molecule has 0 saturated heterocycles. The minimum atomic E-state index is -0.239. The van der Waals surface area contributed by atoms with Crippen LogP contribution in [-0.2, 0) is 0 Å². The Morgan fingerprint density at radius 1 is 1.29 bits per heavy atom. The summed E-state index contributed by atoms with van der Waals surface area (Å²) in [5, 5.41) is 4.82. The van der Waals surface area contributed by atoms with E-state index < -0.39 is 0 Å². The van der Waals surface area contributed by atoms with Crippen molar-refractivity contribution in [2.24, 2.45) is 5.10 Å². The van der Waals surface area contributed by atoms with Gasteiger partial charge in [0.25, 0.3) is 5.56 Å². The van der Waals surface area contributed by atoms with Crippen LogP contribution in [-0.4, -0.2) is 29.6 Å². The van der Waals surface area contributed by atoms with Gasteiger partial charge in [-0.05, 0) is 58.7 Å². The number of halogens is 2. The Morgan fingerprint density at radius 2 is 2.07 bits per heavy atom. The molecule has 0 aliphatic heterocycles. The standard InChI is InChI=1S/C20H17Br2N3O3/c1-4-7-28-19-16(22)8-13(9-18(19)27-3)11-23-25-12(2)24-17-6-5-14(21)10-15(17)20(25)26/h4-6,8-11H,1,7H2,2-3H3. The minimum Gasteiger partial charge on any atom is -0.493 e. The van der Waals surface area contributed by atoms with Crippen molar-refractivity contribution in [3.8, 4) is 11.5 Å². The number of benzene rings is 2. The lowest BCUT2D eigenvalue weighted by Gasteiger charge is -2.12. The molecule has 28 heavy (non-hydrogen) atoms. The summed E-state index contributed by atoms with van der Waals surface area (Å²) < 4.78 is 13.8. The van der Waals surface area contributed by atoms with Crippen molar-refractivity contribution in [2.45, 2.75) is 6.92 Å². The number of hydrogen-bond donors (Lipinski definition) is 0. The van der Waals surface area contributed by atoms with Crippen LogP contribution < -0.4 is 15.0 Å². The van der Waals surface area contributed by atoms with Crippen LogP contribution in [0.3, 0.4) is 0 Å². The highest BCUT2D eigenvalue weighted by atomic mass is 79.9. The van der Waals surface area contributed by atoms with Crippen molar-refractivity contribution in [1.29, 1.82) is 0 Å². The molecule has 0 saturated carbocycles. The molecule has 1 aromatic heterocycles. The van der Waals surface area contributed by atoms with Crippen LogP contribution in [0, 0.1) is 6.92 Å². The lowest BCUT2D eigenvalue weighted by molar-refractivity contribution is 0.324. The largest absolute Gasteiger partial charge is 0.493 e. The van der Waals surface area contributed by atoms with Crippen LogP contribution in [0.25, 0.3) is 10.9 Å². The minimum absolute atomic E-state index is 0.239. The summed E-state index contributed by atoms with van der Waals surface area (Å²) in [6.07, 6.45) is 3.23. The SMILES string of the molecule is C=CCOc1c(Br)cc(C=Nn2c(C)nc3ccc(Br)cc3c2=O)cc1OC. The van der Waals surface area contributed by atoms with Gasteiger partial charge in [0.1, 0.15) is 12.4 Å². The van der Waals surface area contributed by atoms with Gasteiger partial charge in [-0.3, -0.25) is 4.79 Å². The Morgan fingerprint density at radius 3 is 2.79 bits per heavy atom. The lowest BCUT2D eigenvalue weighted by atomic mass is 10.2. The zero-order valence-corrected chi connectivity index (χ0v) is 18.4. The summed E-state index contributed by atoms with van der Waals surface area (Å²) in [6.45, 7) is 5.74. The number of hydrogen-bond acceptors (Lipinski definition) is 5. The quantitative estimate of drug-likeness (QED) is 0.359. The fraction of sp³-hybridized carbons (Fsp3) is 0.150. The van der Waals surface area contributed by atoms with Crippen molar-refractivity contribution in [2.75, 3.05) is 13.7 Å². The Balaban J connectivity index is 2.03. The zero-order chi connectivity index (χ0) is 20.3. The van der Waals surface area contributed by atoms with Crippen LogP contribution in [0.1, 0.15) is 11.4 Å². The Bertz CT molecular complexity index is 1140. The van der Waals surface area contributed by atoms with E-state index in [1.54, 1.807) is 44.5 Å². The summed E-state index contributed by atoms with van der Waals surface area (Å²) >= 11 is 6.86. The first kappa shape index (κ1) is 20.3. The molecule has 0 N–H and O–H groups in total. The molecule has 3 rings (SSSR count). The van der Waals surface area contributed by atoms with Gasteiger partial charge in [-0.2, -0.15) is 9.78 Å². The summed E-state index contributed by atoms with van der Waals surface area (Å²) in [4.78, 5) is 17.3. The summed E-state index contributed by atoms with van der Waals surface area (Å²) in [5.74, 6) is 1.61. The van der Waals surface area contributed by atoms with E-state index in [1.165, 1.54) is 4.68 Å². The van der Waals surface area contributed by atoms with E-state index in [0.29, 0.717) is 39.3 Å². The number of rotatable bonds is 6. The van der Waals surface area contributed by atoms with Crippen molar-refractivity contribution >= 4 is 49.0 Å². The fourth-order valence-electron chi connectivity index (χ4n) is 2.62. The first-order valence-corrected chi connectivity index (χ1v) is 9.87. The molecule has 8 heteroatoms. The van der Waals surface area contributed by atoms with Crippen molar-refractivity contribution in [3.63, 3.8) is 0 Å². The van der Waals surface area contributed by atoms with E-state index in [2.05, 4.69) is 48.5 Å². The molecular formula is C20H17Br2N3O3. The molecule has 0 spiro atoms. The van der Waals surface area contributed by atoms with Gasteiger partial charge in [0.15, 0.2) is 11.5 Å². The molecule has 0 fully saturated rings. The molecule has 0 atom stereocenters. The molecule has 6 nitrogen and oxygen atoms in total. The van der Waals surface area contributed by atoms with E-state index in [0.717, 1.165) is 10.0 Å². The molecule has 0 bridgehead atoms. The number of aryl methyl sites for hydroxylation is 1. The Labute approximate surface area is 178 Å². The monoisotopic (exact) mass is 505 g/mol. The number of fused-ring (bicyclic) bond motifs is 1. The Hall–Kier alpha value is -2.45. The van der Waals surface area contributed by atoms with Gasteiger partial charge in [0.2, 0.25) is 0 Å². The van der Waals surface area contributed by atoms with Gasteiger partial charge >= 0.3 is 0 Å². The predicted molar refractivity (Wildman–Crippen MR) is 118 cm³/mol. The van der Waals surface area contributed by atoms with Crippen molar-refractivity contribution < 1.29 is 9.47 Å². The lowest BCUT2D eigenvalue weighted by Crippen LogP contribution is -2.20. The van der Waals surface area contributed by atoms with E-state index in [9.17, 15) is 4.79 Å². The molecule has 0 amide bonds. The van der Waals surface area contributed by atoms with Gasteiger partial charge in [-0.1, -0.05) is 28.6 Å². The molecule has 0 unspecified atom stereocenters. The number of methoxy groups -OCH3 is 1. The van der Waals surface area contributed by atoms with Crippen LogP contribution in [0.15, 0.2) is 61.8 Å². The second-order valence-corrected chi connectivity index (χ2v) is 7.59. The average molecular weight is 507 g/mol. The molecular weight excluding hydrogens is 490 g/mol. The predicted octanol–water partition coefficient (Wildman–Crippen LogP) is 4.69. The van der Waals surface area contributed by atoms with Crippen molar-refractivity contribution in [1.82, 2.24) is 9.66 Å². The highest BCUT2D eigenvalue weighted by molar-refractivity contribution is 9.10. The summed E-state index contributed by atoms with van der Waals surface area (Å²) in [6, 6.07) is 8.99. The van der Waals surface area contributed by atoms with Crippen molar-refractivity contribution in [3.05, 3.63) is 73.7 Å². The zero-order valence-electron chi connectivity index (χ0n) is 15.3. The van der Waals surface area contributed by atoms with Gasteiger partial charge in [0.05, 0.1) is 28.7 Å². The normalized spacial score (nSPS) is 11.1. The van der Waals surface area contributed by atoms with E-state index in [-0.39, 0.29) is 5.56 Å². The van der Waals surface area contributed by atoms with E-state index in [1.807, 2.05) is 12.1 Å². The molecule has 3 aromatic rings. The molecule has 0 aliphatic rings. The maximum Gasteiger partial charge on any atom is 0.282 e. The first-order valence-electron chi connectivity index (χ1n) is 8.29. The van der Waals surface area contributed by atoms with Crippen LogP contribution in [0.2, 0.25) is 0 Å². The third-order valence-electron chi connectivity index (χ3n) is 3.89. The van der Waals surface area contributed by atoms with Gasteiger partial charge in [0, 0.05) is 4.47 Å². The van der Waals surface area contributed by atoms with Gasteiger partial charge < -0.3 is 9.47 Å². The fourth-order valence-corrected chi connectivity index (χ4v) is 3.55. The smallest absolute Gasteiger partial charge is 0.282 e. The first-order chi connectivity index (χ1) is 13.4.